The molecule has 0 atom stereocenters. The van der Waals surface area contributed by atoms with Crippen molar-refractivity contribution in [3.05, 3.63) is 0 Å². The van der Waals surface area contributed by atoms with E-state index in [-0.39, 0.29) is 6.08 Å². The quantitative estimate of drug-likeness (QED) is 0.352. The summed E-state index contributed by atoms with van der Waals surface area (Å²) in [6.07, 6.45) is -0.269. The first-order chi connectivity index (χ1) is 2.89. The maximum Gasteiger partial charge on any atom is 0.422 e. The summed E-state index contributed by atoms with van der Waals surface area (Å²) >= 11 is 0. The first kappa shape index (κ1) is 3.38. The Balaban J connectivity index is 2.37. The van der Waals surface area contributed by atoms with E-state index in [1.807, 2.05) is 0 Å². The van der Waals surface area contributed by atoms with Crippen molar-refractivity contribution in [2.24, 2.45) is 0 Å². The second-order valence-corrected chi connectivity index (χ2v) is 0.696. The molecule has 0 bridgehead atoms. The van der Waals surface area contributed by atoms with Crippen LogP contribution in [-0.2, 0) is 9.68 Å². The number of hydrazine groups is 1. The topological polar surface area (TPSA) is 66.4 Å². The minimum Gasteiger partial charge on any atom is -0.336 e. The minimum atomic E-state index is -0.269. The van der Waals surface area contributed by atoms with Crippen LogP contribution in [0.3, 0.4) is 0 Å². The second-order valence-electron chi connectivity index (χ2n) is 0.696. The SMILES string of the molecule is N=C1ONNO1. The van der Waals surface area contributed by atoms with E-state index in [1.54, 1.807) is 0 Å². The van der Waals surface area contributed by atoms with Crippen molar-refractivity contribution in [2.75, 3.05) is 0 Å². The summed E-state index contributed by atoms with van der Waals surface area (Å²) < 4.78 is 0. The molecule has 3 N–H and O–H groups in total. The monoisotopic (exact) mass is 89.0 g/mol. The normalized spacial score (nSPS) is 19.7. The van der Waals surface area contributed by atoms with Crippen molar-refractivity contribution in [3.63, 3.8) is 0 Å². The molecule has 0 aliphatic carbocycles. The molecule has 0 unspecified atom stereocenters. The Morgan fingerprint density at radius 1 is 1.33 bits per heavy atom. The van der Waals surface area contributed by atoms with Gasteiger partial charge in [0.15, 0.2) is 0 Å². The molecule has 5 nitrogen and oxygen atoms in total. The Bertz CT molecular complexity index is 63.2. The van der Waals surface area contributed by atoms with Gasteiger partial charge in [0.2, 0.25) is 0 Å². The third-order valence-electron chi connectivity index (χ3n) is 0.329. The van der Waals surface area contributed by atoms with Crippen LogP contribution in [0.15, 0.2) is 0 Å². The molecule has 1 aliphatic heterocycles. The van der Waals surface area contributed by atoms with E-state index in [4.69, 9.17) is 5.41 Å². The van der Waals surface area contributed by atoms with Crippen LogP contribution in [0, 0.1) is 5.41 Å². The van der Waals surface area contributed by atoms with Gasteiger partial charge in [-0.05, 0) is 0 Å². The summed E-state index contributed by atoms with van der Waals surface area (Å²) in [4.78, 5) is 8.31. The average Bonchev–Trinajstić information content (AvgIpc) is 1.86. The highest BCUT2D eigenvalue weighted by molar-refractivity contribution is 5.62. The van der Waals surface area contributed by atoms with Gasteiger partial charge in [0.05, 0.1) is 0 Å². The summed E-state index contributed by atoms with van der Waals surface area (Å²) in [6, 6.07) is 0. The van der Waals surface area contributed by atoms with Crippen LogP contribution >= 0.6 is 0 Å². The Morgan fingerprint density at radius 2 is 1.83 bits per heavy atom. The third kappa shape index (κ3) is 0.399. The number of nitrogens with one attached hydrogen (secondary N) is 3. The Labute approximate surface area is 33.6 Å². The fourth-order valence-corrected chi connectivity index (χ4v) is 0.155. The second kappa shape index (κ2) is 1.11. The lowest BCUT2D eigenvalue weighted by atomic mass is 11.4. The van der Waals surface area contributed by atoms with Crippen LogP contribution in [0.25, 0.3) is 0 Å². The molecule has 5 heteroatoms. The third-order valence-corrected chi connectivity index (χ3v) is 0.329. The van der Waals surface area contributed by atoms with Crippen molar-refractivity contribution in [1.29, 1.82) is 5.41 Å². The van der Waals surface area contributed by atoms with Crippen molar-refractivity contribution >= 4 is 6.08 Å². The van der Waals surface area contributed by atoms with Gasteiger partial charge in [-0.1, -0.05) is 11.2 Å². The van der Waals surface area contributed by atoms with Gasteiger partial charge in [-0.3, -0.25) is 0 Å². The minimum absolute atomic E-state index is 0.269. The largest absolute Gasteiger partial charge is 0.422 e. The summed E-state index contributed by atoms with van der Waals surface area (Å²) in [5.74, 6) is 0. The highest BCUT2D eigenvalue weighted by Crippen LogP contribution is 1.76. The van der Waals surface area contributed by atoms with E-state index in [1.165, 1.54) is 0 Å². The first-order valence-corrected chi connectivity index (χ1v) is 1.32. The van der Waals surface area contributed by atoms with Gasteiger partial charge >= 0.3 is 6.08 Å². The highest BCUT2D eigenvalue weighted by Gasteiger charge is 2.03. The predicted molar refractivity (Wildman–Crippen MR) is 16.2 cm³/mol. The van der Waals surface area contributed by atoms with Gasteiger partial charge in [-0.15, -0.1) is 0 Å². The Morgan fingerprint density at radius 3 is 2.00 bits per heavy atom. The molecular formula is CH3N3O2. The van der Waals surface area contributed by atoms with E-state index in [2.05, 4.69) is 20.9 Å². The van der Waals surface area contributed by atoms with Crippen LogP contribution in [-0.4, -0.2) is 6.08 Å². The number of hydrogen-bond acceptors (Lipinski definition) is 5. The van der Waals surface area contributed by atoms with Gasteiger partial charge in [0.25, 0.3) is 0 Å². The lowest BCUT2D eigenvalue weighted by molar-refractivity contribution is 0.129. The van der Waals surface area contributed by atoms with Crippen LogP contribution in [0.2, 0.25) is 0 Å². The molecule has 1 fully saturated rings. The van der Waals surface area contributed by atoms with Crippen molar-refractivity contribution in [2.45, 2.75) is 0 Å². The van der Waals surface area contributed by atoms with Crippen molar-refractivity contribution in [3.8, 4) is 0 Å². The molecule has 0 spiro atoms. The molecule has 1 heterocycles. The van der Waals surface area contributed by atoms with Crippen LogP contribution in [0.1, 0.15) is 0 Å². The molecule has 1 rings (SSSR count). The number of hydrogen-bond donors (Lipinski definition) is 3. The van der Waals surface area contributed by atoms with Crippen LogP contribution in [0.4, 0.5) is 0 Å². The lowest BCUT2D eigenvalue weighted by Crippen LogP contribution is -2.18. The molecule has 0 saturated carbocycles. The summed E-state index contributed by atoms with van der Waals surface area (Å²) in [6.45, 7) is 0. The van der Waals surface area contributed by atoms with Crippen LogP contribution < -0.4 is 11.2 Å². The fraction of sp³-hybridized carbons (Fsp3) is 0. The average molecular weight is 89.1 g/mol. The van der Waals surface area contributed by atoms with Crippen molar-refractivity contribution in [1.82, 2.24) is 11.2 Å². The molecule has 0 aromatic carbocycles. The van der Waals surface area contributed by atoms with E-state index in [0.717, 1.165) is 0 Å². The van der Waals surface area contributed by atoms with E-state index in [9.17, 15) is 0 Å². The first-order valence-electron chi connectivity index (χ1n) is 1.32. The molecule has 34 valence electrons. The van der Waals surface area contributed by atoms with Crippen molar-refractivity contribution < 1.29 is 9.68 Å². The Hall–Kier alpha value is -0.810. The maximum absolute atomic E-state index is 6.48. The summed E-state index contributed by atoms with van der Waals surface area (Å²) in [5, 5.41) is 6.48. The standard InChI is InChI=1S/CH3N3O2/c2-1-5-3-4-6-1/h2-4H. The van der Waals surface area contributed by atoms with Gasteiger partial charge in [0.1, 0.15) is 0 Å². The molecule has 0 aromatic heterocycles. The van der Waals surface area contributed by atoms with Gasteiger partial charge in [0, 0.05) is 0 Å². The summed E-state index contributed by atoms with van der Waals surface area (Å²) in [5.41, 5.74) is 4.15. The van der Waals surface area contributed by atoms with Gasteiger partial charge in [-0.25, -0.2) is 5.41 Å². The molecule has 0 radical (unpaired) electrons. The smallest absolute Gasteiger partial charge is 0.336 e. The van der Waals surface area contributed by atoms with E-state index < -0.39 is 0 Å². The zero-order valence-electron chi connectivity index (χ0n) is 2.82. The molecule has 0 aromatic rings. The Kier molecular flexibility index (Phi) is 0.627. The van der Waals surface area contributed by atoms with E-state index in [0.29, 0.717) is 0 Å². The highest BCUT2D eigenvalue weighted by atomic mass is 16.9. The van der Waals surface area contributed by atoms with Gasteiger partial charge in [-0.2, -0.15) is 0 Å². The zero-order valence-corrected chi connectivity index (χ0v) is 2.82. The fourth-order valence-electron chi connectivity index (χ4n) is 0.155. The van der Waals surface area contributed by atoms with E-state index >= 15 is 0 Å². The predicted octanol–water partition coefficient (Wildman–Crippen LogP) is -1.11. The molecule has 1 saturated heterocycles. The van der Waals surface area contributed by atoms with Crippen LogP contribution in [0.5, 0.6) is 0 Å². The molecule has 6 heavy (non-hydrogen) atoms. The van der Waals surface area contributed by atoms with Gasteiger partial charge < -0.3 is 9.68 Å². The molecular weight excluding hydrogens is 86.0 g/mol. The molecule has 1 aliphatic rings. The lowest BCUT2D eigenvalue weighted by Gasteiger charge is -1.77. The zero-order chi connectivity index (χ0) is 4.41. The summed E-state index contributed by atoms with van der Waals surface area (Å²) in [7, 11) is 0. The number of rotatable bonds is 0. The maximum atomic E-state index is 6.48. The molecule has 0 amide bonds.